The van der Waals surface area contributed by atoms with Gasteiger partial charge in [-0.2, -0.15) is 0 Å². The lowest BCUT2D eigenvalue weighted by Crippen LogP contribution is -2.46. The van der Waals surface area contributed by atoms with Crippen molar-refractivity contribution in [2.45, 2.75) is 70.5 Å². The van der Waals surface area contributed by atoms with Gasteiger partial charge in [-0.25, -0.2) is 0 Å². The van der Waals surface area contributed by atoms with Crippen LogP contribution in [0.2, 0.25) is 0 Å². The molecule has 98 valence electrons. The summed E-state index contributed by atoms with van der Waals surface area (Å²) in [7, 11) is 0. The predicted octanol–water partition coefficient (Wildman–Crippen LogP) is 3.23. The zero-order chi connectivity index (χ0) is 12.5. The number of hydrogen-bond donors (Lipinski definition) is 1. The number of rotatable bonds is 2. The summed E-state index contributed by atoms with van der Waals surface area (Å²) in [5, 5.41) is 9.06. The molecule has 1 aliphatic heterocycles. The maximum absolute atomic E-state index is 11.0. The minimum atomic E-state index is -0.657. The fourth-order valence-electron chi connectivity index (χ4n) is 3.68. The van der Waals surface area contributed by atoms with Crippen molar-refractivity contribution < 1.29 is 14.6 Å². The van der Waals surface area contributed by atoms with Crippen LogP contribution in [0.4, 0.5) is 0 Å². The Morgan fingerprint density at radius 1 is 1.29 bits per heavy atom. The van der Waals surface area contributed by atoms with Gasteiger partial charge in [0.15, 0.2) is 0 Å². The average Bonchev–Trinajstić information content (AvgIpc) is 2.39. The van der Waals surface area contributed by atoms with E-state index in [0.717, 1.165) is 19.3 Å². The Morgan fingerprint density at radius 3 is 2.71 bits per heavy atom. The highest BCUT2D eigenvalue weighted by Gasteiger charge is 2.42. The van der Waals surface area contributed by atoms with Crippen LogP contribution in [-0.4, -0.2) is 22.8 Å². The van der Waals surface area contributed by atoms with Gasteiger partial charge in [-0.05, 0) is 44.9 Å². The second kappa shape index (κ2) is 4.97. The predicted molar refractivity (Wildman–Crippen MR) is 65.9 cm³/mol. The SMILES string of the molecule is CC1(C)CC(CC(=O)O)C2CCCCCC2O1. The molecule has 3 heteroatoms. The molecule has 0 aromatic rings. The largest absolute Gasteiger partial charge is 0.481 e. The van der Waals surface area contributed by atoms with Crippen LogP contribution in [0.3, 0.4) is 0 Å². The molecular formula is C14H24O3. The summed E-state index contributed by atoms with van der Waals surface area (Å²) in [6.45, 7) is 4.20. The molecule has 0 aromatic heterocycles. The second-order valence-electron chi connectivity index (χ2n) is 6.28. The van der Waals surface area contributed by atoms with E-state index in [1.54, 1.807) is 0 Å². The van der Waals surface area contributed by atoms with Gasteiger partial charge < -0.3 is 9.84 Å². The van der Waals surface area contributed by atoms with Crippen molar-refractivity contribution in [1.82, 2.24) is 0 Å². The number of carboxylic acid groups (broad SMARTS) is 1. The summed E-state index contributed by atoms with van der Waals surface area (Å²) in [6.07, 6.45) is 7.51. The number of ether oxygens (including phenoxy) is 1. The zero-order valence-corrected chi connectivity index (χ0v) is 10.9. The van der Waals surface area contributed by atoms with Gasteiger partial charge in [-0.15, -0.1) is 0 Å². The third kappa shape index (κ3) is 3.21. The minimum Gasteiger partial charge on any atom is -0.481 e. The lowest BCUT2D eigenvalue weighted by Gasteiger charge is -2.45. The first kappa shape index (κ1) is 12.9. The van der Waals surface area contributed by atoms with Crippen LogP contribution in [0.25, 0.3) is 0 Å². The summed E-state index contributed by atoms with van der Waals surface area (Å²) in [4.78, 5) is 11.0. The van der Waals surface area contributed by atoms with Crippen LogP contribution in [0.5, 0.6) is 0 Å². The van der Waals surface area contributed by atoms with Crippen molar-refractivity contribution in [3.63, 3.8) is 0 Å². The normalized spacial score (nSPS) is 36.9. The lowest BCUT2D eigenvalue weighted by molar-refractivity contribution is -0.166. The van der Waals surface area contributed by atoms with Crippen molar-refractivity contribution in [1.29, 1.82) is 0 Å². The lowest BCUT2D eigenvalue weighted by atomic mass is 9.73. The van der Waals surface area contributed by atoms with Gasteiger partial charge in [0.25, 0.3) is 0 Å². The molecule has 0 amide bonds. The van der Waals surface area contributed by atoms with E-state index in [9.17, 15) is 4.79 Å². The number of hydrogen-bond acceptors (Lipinski definition) is 2. The number of fused-ring (bicyclic) bond motifs is 1. The first-order chi connectivity index (χ1) is 7.98. The molecule has 0 aromatic carbocycles. The van der Waals surface area contributed by atoms with Crippen LogP contribution in [-0.2, 0) is 9.53 Å². The smallest absolute Gasteiger partial charge is 0.303 e. The quantitative estimate of drug-likeness (QED) is 0.806. The summed E-state index contributed by atoms with van der Waals surface area (Å²) < 4.78 is 6.18. The highest BCUT2D eigenvalue weighted by molar-refractivity contribution is 5.67. The fraction of sp³-hybridized carbons (Fsp3) is 0.929. The molecule has 1 N–H and O–H groups in total. The monoisotopic (exact) mass is 240 g/mol. The summed E-state index contributed by atoms with van der Waals surface area (Å²) in [5.41, 5.74) is -0.147. The van der Waals surface area contributed by atoms with E-state index in [1.807, 2.05) is 0 Å². The number of aliphatic carboxylic acids is 1. The molecule has 17 heavy (non-hydrogen) atoms. The van der Waals surface area contributed by atoms with Crippen LogP contribution < -0.4 is 0 Å². The maximum atomic E-state index is 11.0. The van der Waals surface area contributed by atoms with Gasteiger partial charge in [0.1, 0.15) is 0 Å². The molecule has 1 saturated carbocycles. The van der Waals surface area contributed by atoms with E-state index < -0.39 is 5.97 Å². The van der Waals surface area contributed by atoms with Gasteiger partial charge in [-0.3, -0.25) is 4.79 Å². The molecule has 1 heterocycles. The molecule has 0 radical (unpaired) electrons. The van der Waals surface area contributed by atoms with E-state index in [4.69, 9.17) is 9.84 Å². The molecule has 3 atom stereocenters. The second-order valence-corrected chi connectivity index (χ2v) is 6.28. The summed E-state index contributed by atoms with van der Waals surface area (Å²) in [5.74, 6) is 0.122. The molecule has 0 spiro atoms. The molecule has 2 fully saturated rings. The van der Waals surface area contributed by atoms with Crippen LogP contribution in [0.1, 0.15) is 58.8 Å². The van der Waals surface area contributed by atoms with E-state index >= 15 is 0 Å². The first-order valence-electron chi connectivity index (χ1n) is 6.87. The van der Waals surface area contributed by atoms with Crippen molar-refractivity contribution in [2.75, 3.05) is 0 Å². The Labute approximate surface area is 104 Å². The summed E-state index contributed by atoms with van der Waals surface area (Å²) >= 11 is 0. The molecule has 2 aliphatic rings. The van der Waals surface area contributed by atoms with Crippen molar-refractivity contribution in [3.05, 3.63) is 0 Å². The highest BCUT2D eigenvalue weighted by atomic mass is 16.5. The Hall–Kier alpha value is -0.570. The molecule has 3 nitrogen and oxygen atoms in total. The topological polar surface area (TPSA) is 46.5 Å². The van der Waals surface area contributed by atoms with Gasteiger partial charge in [0, 0.05) is 6.42 Å². The number of carbonyl (C=O) groups is 1. The Morgan fingerprint density at radius 2 is 2.00 bits per heavy atom. The zero-order valence-electron chi connectivity index (χ0n) is 10.9. The maximum Gasteiger partial charge on any atom is 0.303 e. The Bertz CT molecular complexity index is 285. The standard InChI is InChI=1S/C14H24O3/c1-14(2)9-10(8-13(15)16)11-6-4-3-5-7-12(11)17-14/h10-12H,3-9H2,1-2H3,(H,15,16). The van der Waals surface area contributed by atoms with Crippen molar-refractivity contribution in [2.24, 2.45) is 11.8 Å². The number of carboxylic acids is 1. The van der Waals surface area contributed by atoms with Crippen molar-refractivity contribution >= 4 is 5.97 Å². The van der Waals surface area contributed by atoms with Crippen LogP contribution >= 0.6 is 0 Å². The van der Waals surface area contributed by atoms with Crippen molar-refractivity contribution in [3.8, 4) is 0 Å². The van der Waals surface area contributed by atoms with Gasteiger partial charge in [-0.1, -0.05) is 19.3 Å². The third-order valence-corrected chi connectivity index (χ3v) is 4.27. The van der Waals surface area contributed by atoms with E-state index in [-0.39, 0.29) is 5.60 Å². The highest BCUT2D eigenvalue weighted by Crippen LogP contribution is 2.43. The van der Waals surface area contributed by atoms with E-state index in [2.05, 4.69) is 13.8 Å². The summed E-state index contributed by atoms with van der Waals surface area (Å²) in [6, 6.07) is 0. The van der Waals surface area contributed by atoms with Gasteiger partial charge in [0.2, 0.25) is 0 Å². The van der Waals surface area contributed by atoms with E-state index in [0.29, 0.717) is 24.4 Å². The third-order valence-electron chi connectivity index (χ3n) is 4.27. The van der Waals surface area contributed by atoms with Crippen LogP contribution in [0, 0.1) is 11.8 Å². The first-order valence-corrected chi connectivity index (χ1v) is 6.87. The Balaban J connectivity index is 2.13. The molecule has 1 aliphatic carbocycles. The Kier molecular flexibility index (Phi) is 3.76. The molecular weight excluding hydrogens is 216 g/mol. The molecule has 3 unspecified atom stereocenters. The minimum absolute atomic E-state index is 0.147. The molecule has 2 rings (SSSR count). The van der Waals surface area contributed by atoms with Gasteiger partial charge in [0.05, 0.1) is 11.7 Å². The molecule has 0 bridgehead atoms. The molecule has 1 saturated heterocycles. The van der Waals surface area contributed by atoms with Crippen LogP contribution in [0.15, 0.2) is 0 Å². The van der Waals surface area contributed by atoms with Gasteiger partial charge >= 0.3 is 5.97 Å². The van der Waals surface area contributed by atoms with E-state index in [1.165, 1.54) is 19.3 Å². The average molecular weight is 240 g/mol. The fourth-order valence-corrected chi connectivity index (χ4v) is 3.68.